The average molecular weight is 397 g/mol. The van der Waals surface area contributed by atoms with Gasteiger partial charge in [-0.25, -0.2) is 0 Å². The van der Waals surface area contributed by atoms with Crippen LogP contribution in [0.15, 0.2) is 30.3 Å². The minimum absolute atomic E-state index is 0.0273. The molecule has 1 aliphatic rings. The number of ether oxygens (including phenoxy) is 1. The van der Waals surface area contributed by atoms with E-state index < -0.39 is 0 Å². The molecule has 1 amide bonds. The molecule has 5 nitrogen and oxygen atoms in total. The van der Waals surface area contributed by atoms with E-state index in [2.05, 4.69) is 10.2 Å². The fraction of sp³-hybridized carbons (Fsp3) is 0.458. The third-order valence-corrected chi connectivity index (χ3v) is 5.40. The zero-order chi connectivity index (χ0) is 21.0. The summed E-state index contributed by atoms with van der Waals surface area (Å²) in [6.07, 6.45) is 3.61. The summed E-state index contributed by atoms with van der Waals surface area (Å²) in [5.74, 6) is 1.99. The highest BCUT2D eigenvalue weighted by Crippen LogP contribution is 2.35. The summed E-state index contributed by atoms with van der Waals surface area (Å²) >= 11 is 0. The number of hydrogen-bond donors (Lipinski definition) is 2. The second-order valence-electron chi connectivity index (χ2n) is 8.30. The highest BCUT2D eigenvalue weighted by molar-refractivity contribution is 5.92. The predicted octanol–water partition coefficient (Wildman–Crippen LogP) is 5.35. The molecule has 2 aromatic rings. The lowest BCUT2D eigenvalue weighted by Crippen LogP contribution is -2.36. The molecule has 3 rings (SSSR count). The number of benzene rings is 2. The number of aromatic hydroxyl groups is 1. The maximum Gasteiger partial charge on any atom is 0.238 e. The summed E-state index contributed by atoms with van der Waals surface area (Å²) in [5.41, 5.74) is 3.57. The van der Waals surface area contributed by atoms with E-state index >= 15 is 0 Å². The van der Waals surface area contributed by atoms with Gasteiger partial charge in [-0.3, -0.25) is 9.69 Å². The van der Waals surface area contributed by atoms with Crippen molar-refractivity contribution < 1.29 is 14.6 Å². The highest BCUT2D eigenvalue weighted by Gasteiger charge is 2.15. The number of phenolic OH excluding ortho intramolecular Hbond substituents is 1. The first-order chi connectivity index (χ1) is 13.8. The summed E-state index contributed by atoms with van der Waals surface area (Å²) < 4.78 is 6.14. The van der Waals surface area contributed by atoms with Crippen molar-refractivity contribution in [1.82, 2.24) is 4.90 Å². The second kappa shape index (κ2) is 9.31. The summed E-state index contributed by atoms with van der Waals surface area (Å²) in [6.45, 7) is 10.5. The van der Waals surface area contributed by atoms with Crippen molar-refractivity contribution in [2.45, 2.75) is 52.9 Å². The van der Waals surface area contributed by atoms with E-state index in [1.165, 1.54) is 19.3 Å². The summed E-state index contributed by atoms with van der Waals surface area (Å²) in [5, 5.41) is 13.0. The first kappa shape index (κ1) is 21.2. The van der Waals surface area contributed by atoms with Crippen LogP contribution >= 0.6 is 0 Å². The number of likely N-dealkylation sites (tertiary alicyclic amines) is 1. The number of amides is 1. The van der Waals surface area contributed by atoms with Gasteiger partial charge in [0.05, 0.1) is 6.54 Å². The van der Waals surface area contributed by atoms with Gasteiger partial charge in [0.15, 0.2) is 0 Å². The number of piperidine rings is 1. The van der Waals surface area contributed by atoms with Gasteiger partial charge in [0.25, 0.3) is 0 Å². The van der Waals surface area contributed by atoms with E-state index in [-0.39, 0.29) is 17.6 Å². The van der Waals surface area contributed by atoms with Gasteiger partial charge in [0, 0.05) is 11.3 Å². The molecule has 29 heavy (non-hydrogen) atoms. The Morgan fingerprint density at radius 3 is 2.38 bits per heavy atom. The van der Waals surface area contributed by atoms with Gasteiger partial charge in [-0.15, -0.1) is 0 Å². The quantitative estimate of drug-likeness (QED) is 0.691. The van der Waals surface area contributed by atoms with E-state index in [1.54, 1.807) is 12.1 Å². The molecule has 1 aliphatic heterocycles. The molecule has 1 fully saturated rings. The van der Waals surface area contributed by atoms with Gasteiger partial charge in [-0.1, -0.05) is 20.3 Å². The van der Waals surface area contributed by atoms with E-state index in [4.69, 9.17) is 4.74 Å². The third-order valence-electron chi connectivity index (χ3n) is 5.40. The number of nitrogens with zero attached hydrogens (tertiary/aromatic N) is 1. The van der Waals surface area contributed by atoms with Crippen LogP contribution in [0.4, 0.5) is 5.69 Å². The van der Waals surface area contributed by atoms with Crippen LogP contribution < -0.4 is 10.1 Å². The van der Waals surface area contributed by atoms with Crippen LogP contribution in [-0.4, -0.2) is 35.5 Å². The van der Waals surface area contributed by atoms with Crippen molar-refractivity contribution in [3.05, 3.63) is 47.0 Å². The first-order valence-electron chi connectivity index (χ1n) is 10.5. The topological polar surface area (TPSA) is 61.8 Å². The van der Waals surface area contributed by atoms with Crippen molar-refractivity contribution in [3.8, 4) is 17.2 Å². The van der Waals surface area contributed by atoms with E-state index in [0.717, 1.165) is 41.2 Å². The molecule has 0 saturated carbocycles. The molecule has 5 heteroatoms. The van der Waals surface area contributed by atoms with Crippen molar-refractivity contribution in [2.24, 2.45) is 0 Å². The molecule has 1 saturated heterocycles. The van der Waals surface area contributed by atoms with Crippen LogP contribution in [-0.2, 0) is 4.79 Å². The number of nitrogens with one attached hydrogen (secondary N) is 1. The molecule has 156 valence electrons. The minimum atomic E-state index is 0.0273. The van der Waals surface area contributed by atoms with E-state index in [1.807, 2.05) is 45.9 Å². The first-order valence-corrected chi connectivity index (χ1v) is 10.5. The Morgan fingerprint density at radius 1 is 1.10 bits per heavy atom. The maximum absolute atomic E-state index is 12.4. The van der Waals surface area contributed by atoms with Crippen LogP contribution in [0.5, 0.6) is 17.2 Å². The Morgan fingerprint density at radius 2 is 1.76 bits per heavy atom. The number of carbonyl (C=O) groups is 1. The molecule has 0 unspecified atom stereocenters. The molecule has 0 radical (unpaired) electrons. The molecule has 2 aromatic carbocycles. The molecular weight excluding hydrogens is 364 g/mol. The van der Waals surface area contributed by atoms with Gasteiger partial charge < -0.3 is 15.2 Å². The second-order valence-corrected chi connectivity index (χ2v) is 8.30. The predicted molar refractivity (Wildman–Crippen MR) is 117 cm³/mol. The lowest BCUT2D eigenvalue weighted by atomic mass is 10.0. The van der Waals surface area contributed by atoms with Gasteiger partial charge in [0.2, 0.25) is 5.91 Å². The zero-order valence-electron chi connectivity index (χ0n) is 17.9. The van der Waals surface area contributed by atoms with Gasteiger partial charge in [-0.05, 0) is 87.2 Å². The number of aryl methyl sites for hydroxylation is 2. The summed E-state index contributed by atoms with van der Waals surface area (Å²) in [7, 11) is 0. The number of anilines is 1. The largest absolute Gasteiger partial charge is 0.508 e. The van der Waals surface area contributed by atoms with Crippen molar-refractivity contribution in [1.29, 1.82) is 0 Å². The Hall–Kier alpha value is -2.53. The Bertz CT molecular complexity index is 847. The number of hydrogen-bond acceptors (Lipinski definition) is 4. The Labute approximate surface area is 173 Å². The van der Waals surface area contributed by atoms with Crippen LogP contribution in [0.1, 0.15) is 55.7 Å². The molecular formula is C24H32N2O3. The monoisotopic (exact) mass is 396 g/mol. The molecule has 1 heterocycles. The number of phenols is 1. The van der Waals surface area contributed by atoms with Crippen LogP contribution in [0, 0.1) is 13.8 Å². The standard InChI is InChI=1S/C24H32N2O3/c1-16(2)21-14-20(8-9-22(21)27)29-24-17(3)12-19(13-18(24)4)25-23(28)15-26-10-6-5-7-11-26/h8-9,12-14,16,27H,5-7,10-11,15H2,1-4H3,(H,25,28). The van der Waals surface area contributed by atoms with E-state index in [0.29, 0.717) is 12.3 Å². The summed E-state index contributed by atoms with van der Waals surface area (Å²) in [6, 6.07) is 9.21. The van der Waals surface area contributed by atoms with Crippen molar-refractivity contribution >= 4 is 11.6 Å². The molecule has 0 atom stereocenters. The lowest BCUT2D eigenvalue weighted by molar-refractivity contribution is -0.117. The molecule has 0 aromatic heterocycles. The fourth-order valence-corrected chi connectivity index (χ4v) is 3.88. The van der Waals surface area contributed by atoms with Crippen molar-refractivity contribution in [2.75, 3.05) is 25.0 Å². The fourth-order valence-electron chi connectivity index (χ4n) is 3.88. The van der Waals surface area contributed by atoms with Crippen molar-refractivity contribution in [3.63, 3.8) is 0 Å². The van der Waals surface area contributed by atoms with Crippen LogP contribution in [0.2, 0.25) is 0 Å². The van der Waals surface area contributed by atoms with Gasteiger partial charge in [0.1, 0.15) is 17.2 Å². The third kappa shape index (κ3) is 5.51. The van der Waals surface area contributed by atoms with Crippen LogP contribution in [0.25, 0.3) is 0 Å². The average Bonchev–Trinajstić information content (AvgIpc) is 2.66. The summed E-state index contributed by atoms with van der Waals surface area (Å²) in [4.78, 5) is 14.6. The lowest BCUT2D eigenvalue weighted by Gasteiger charge is -2.25. The Balaban J connectivity index is 1.70. The minimum Gasteiger partial charge on any atom is -0.508 e. The molecule has 2 N–H and O–H groups in total. The highest BCUT2D eigenvalue weighted by atomic mass is 16.5. The molecule has 0 aliphatic carbocycles. The van der Waals surface area contributed by atoms with Gasteiger partial charge in [-0.2, -0.15) is 0 Å². The molecule has 0 spiro atoms. The van der Waals surface area contributed by atoms with E-state index in [9.17, 15) is 9.90 Å². The Kier molecular flexibility index (Phi) is 6.80. The number of rotatable bonds is 6. The molecule has 0 bridgehead atoms. The SMILES string of the molecule is Cc1cc(NC(=O)CN2CCCCC2)cc(C)c1Oc1ccc(O)c(C(C)C)c1. The number of carbonyl (C=O) groups excluding carboxylic acids is 1. The smallest absolute Gasteiger partial charge is 0.238 e. The normalized spacial score (nSPS) is 14.8. The maximum atomic E-state index is 12.4. The zero-order valence-corrected chi connectivity index (χ0v) is 17.9. The van der Waals surface area contributed by atoms with Crippen LogP contribution in [0.3, 0.4) is 0 Å². The van der Waals surface area contributed by atoms with Gasteiger partial charge >= 0.3 is 0 Å².